The summed E-state index contributed by atoms with van der Waals surface area (Å²) in [6.45, 7) is 0.850. The number of azide groups is 1. The lowest BCUT2D eigenvalue weighted by Crippen LogP contribution is -2.19. The Morgan fingerprint density at radius 3 is 2.58 bits per heavy atom. The Labute approximate surface area is 72.5 Å². The quantitative estimate of drug-likeness (QED) is 0.364. The summed E-state index contributed by atoms with van der Waals surface area (Å²) in [4.78, 5) is 2.82. The van der Waals surface area contributed by atoms with E-state index in [2.05, 4.69) is 10.0 Å². The van der Waals surface area contributed by atoms with Crippen molar-refractivity contribution < 1.29 is 4.74 Å². The molecule has 0 aliphatic heterocycles. The zero-order valence-corrected chi connectivity index (χ0v) is 7.44. The average molecular weight is 169 g/mol. The third kappa shape index (κ3) is 2.72. The topological polar surface area (TPSA) is 58.0 Å². The van der Waals surface area contributed by atoms with Gasteiger partial charge in [-0.2, -0.15) is 0 Å². The molecule has 0 N–H and O–H groups in total. The largest absolute Gasteiger partial charge is 0.384 e. The van der Waals surface area contributed by atoms with E-state index in [1.54, 1.807) is 7.11 Å². The van der Waals surface area contributed by atoms with Crippen LogP contribution in [-0.4, -0.2) is 19.8 Å². The van der Waals surface area contributed by atoms with Crippen molar-refractivity contribution in [2.75, 3.05) is 13.7 Å². The number of ether oxygens (including phenoxy) is 1. The maximum absolute atomic E-state index is 8.22. The van der Waals surface area contributed by atoms with Crippen LogP contribution in [0.1, 0.15) is 25.7 Å². The maximum atomic E-state index is 8.22. The third-order valence-corrected chi connectivity index (χ3v) is 2.43. The highest BCUT2D eigenvalue weighted by atomic mass is 16.5. The first-order chi connectivity index (χ1) is 5.86. The molecule has 0 amide bonds. The number of hydrogen-bond acceptors (Lipinski definition) is 2. The van der Waals surface area contributed by atoms with Gasteiger partial charge in [0.1, 0.15) is 0 Å². The lowest BCUT2D eigenvalue weighted by molar-refractivity contribution is 0.127. The van der Waals surface area contributed by atoms with Gasteiger partial charge in [0.05, 0.1) is 0 Å². The van der Waals surface area contributed by atoms with Crippen LogP contribution in [0.5, 0.6) is 0 Å². The van der Waals surface area contributed by atoms with E-state index in [0.29, 0.717) is 5.92 Å². The monoisotopic (exact) mass is 169 g/mol. The van der Waals surface area contributed by atoms with Gasteiger partial charge in [-0.25, -0.2) is 0 Å². The summed E-state index contributed by atoms with van der Waals surface area (Å²) < 4.78 is 5.07. The van der Waals surface area contributed by atoms with E-state index >= 15 is 0 Å². The molecular formula is C8H15N3O. The molecule has 0 bridgehead atoms. The fourth-order valence-corrected chi connectivity index (χ4v) is 1.74. The fraction of sp³-hybridized carbons (Fsp3) is 1.00. The molecular weight excluding hydrogens is 154 g/mol. The van der Waals surface area contributed by atoms with Crippen LogP contribution in [0.2, 0.25) is 0 Å². The molecule has 1 fully saturated rings. The van der Waals surface area contributed by atoms with Gasteiger partial charge in [0, 0.05) is 24.7 Å². The van der Waals surface area contributed by atoms with Gasteiger partial charge in [-0.15, -0.1) is 0 Å². The standard InChI is InChI=1S/C8H15N3O/c1-12-6-7-2-4-8(5-3-7)10-11-9/h7-8H,2-6H2,1H3. The van der Waals surface area contributed by atoms with Crippen LogP contribution >= 0.6 is 0 Å². The first kappa shape index (κ1) is 9.36. The Kier molecular flexibility index (Phi) is 3.91. The van der Waals surface area contributed by atoms with E-state index in [1.807, 2.05) is 0 Å². The Morgan fingerprint density at radius 2 is 2.08 bits per heavy atom. The van der Waals surface area contributed by atoms with E-state index in [4.69, 9.17) is 10.3 Å². The van der Waals surface area contributed by atoms with Crippen LogP contribution in [0.3, 0.4) is 0 Å². The smallest absolute Gasteiger partial charge is 0.0490 e. The lowest BCUT2D eigenvalue weighted by Gasteiger charge is -2.24. The van der Waals surface area contributed by atoms with Crippen molar-refractivity contribution >= 4 is 0 Å². The van der Waals surface area contributed by atoms with Crippen LogP contribution in [-0.2, 0) is 4.74 Å². The average Bonchev–Trinajstić information content (AvgIpc) is 2.09. The van der Waals surface area contributed by atoms with Gasteiger partial charge in [-0.1, -0.05) is 5.11 Å². The second-order valence-electron chi connectivity index (χ2n) is 3.33. The molecule has 0 radical (unpaired) electrons. The molecule has 1 rings (SSSR count). The second kappa shape index (κ2) is 5.01. The zero-order valence-electron chi connectivity index (χ0n) is 7.44. The predicted molar refractivity (Wildman–Crippen MR) is 46.8 cm³/mol. The van der Waals surface area contributed by atoms with Crippen molar-refractivity contribution in [1.82, 2.24) is 0 Å². The number of nitrogens with zero attached hydrogens (tertiary/aromatic N) is 3. The van der Waals surface area contributed by atoms with Gasteiger partial charge < -0.3 is 4.74 Å². The molecule has 4 heteroatoms. The molecule has 0 aromatic heterocycles. The fourth-order valence-electron chi connectivity index (χ4n) is 1.74. The lowest BCUT2D eigenvalue weighted by atomic mass is 9.87. The first-order valence-corrected chi connectivity index (χ1v) is 4.40. The molecule has 0 spiro atoms. The van der Waals surface area contributed by atoms with Crippen molar-refractivity contribution in [3.8, 4) is 0 Å². The predicted octanol–water partition coefficient (Wildman–Crippen LogP) is 2.50. The molecule has 12 heavy (non-hydrogen) atoms. The summed E-state index contributed by atoms with van der Waals surface area (Å²) in [5, 5.41) is 3.72. The summed E-state index contributed by atoms with van der Waals surface area (Å²) in [7, 11) is 1.74. The highest BCUT2D eigenvalue weighted by molar-refractivity contribution is 4.76. The third-order valence-electron chi connectivity index (χ3n) is 2.43. The molecule has 0 aromatic carbocycles. The highest BCUT2D eigenvalue weighted by Gasteiger charge is 2.19. The normalized spacial score (nSPS) is 29.4. The van der Waals surface area contributed by atoms with Gasteiger partial charge in [0.15, 0.2) is 0 Å². The summed E-state index contributed by atoms with van der Waals surface area (Å²) in [5.74, 6) is 0.681. The number of hydrogen-bond donors (Lipinski definition) is 0. The molecule has 0 saturated heterocycles. The van der Waals surface area contributed by atoms with Crippen LogP contribution in [0, 0.1) is 5.92 Å². The van der Waals surface area contributed by atoms with Crippen molar-refractivity contribution in [2.24, 2.45) is 11.0 Å². The summed E-state index contributed by atoms with van der Waals surface area (Å²) in [5.41, 5.74) is 8.22. The van der Waals surface area contributed by atoms with E-state index in [1.165, 1.54) is 0 Å². The van der Waals surface area contributed by atoms with Crippen LogP contribution < -0.4 is 0 Å². The second-order valence-corrected chi connectivity index (χ2v) is 3.33. The maximum Gasteiger partial charge on any atom is 0.0490 e. The van der Waals surface area contributed by atoms with Gasteiger partial charge in [0.25, 0.3) is 0 Å². The molecule has 0 unspecified atom stereocenters. The molecule has 1 saturated carbocycles. The molecule has 0 heterocycles. The van der Waals surface area contributed by atoms with E-state index in [0.717, 1.165) is 32.3 Å². The Balaban J connectivity index is 2.24. The van der Waals surface area contributed by atoms with Crippen molar-refractivity contribution in [1.29, 1.82) is 0 Å². The van der Waals surface area contributed by atoms with Gasteiger partial charge >= 0.3 is 0 Å². The number of rotatable bonds is 3. The molecule has 68 valence electrons. The Morgan fingerprint density at radius 1 is 1.42 bits per heavy atom. The minimum Gasteiger partial charge on any atom is -0.384 e. The van der Waals surface area contributed by atoms with E-state index in [-0.39, 0.29) is 6.04 Å². The van der Waals surface area contributed by atoms with Gasteiger partial charge in [-0.3, -0.25) is 0 Å². The summed E-state index contributed by atoms with van der Waals surface area (Å²) >= 11 is 0. The summed E-state index contributed by atoms with van der Waals surface area (Å²) in [6.07, 6.45) is 4.32. The molecule has 1 aliphatic carbocycles. The minimum absolute atomic E-state index is 0.239. The van der Waals surface area contributed by atoms with E-state index in [9.17, 15) is 0 Å². The summed E-state index contributed by atoms with van der Waals surface area (Å²) in [6, 6.07) is 0.239. The van der Waals surface area contributed by atoms with Gasteiger partial charge in [0.2, 0.25) is 0 Å². The van der Waals surface area contributed by atoms with E-state index < -0.39 is 0 Å². The minimum atomic E-state index is 0.239. The highest BCUT2D eigenvalue weighted by Crippen LogP contribution is 2.26. The van der Waals surface area contributed by atoms with Crippen molar-refractivity contribution in [3.63, 3.8) is 0 Å². The van der Waals surface area contributed by atoms with Crippen LogP contribution in [0.15, 0.2) is 5.11 Å². The van der Waals surface area contributed by atoms with Crippen LogP contribution in [0.25, 0.3) is 10.4 Å². The van der Waals surface area contributed by atoms with Gasteiger partial charge in [-0.05, 0) is 37.1 Å². The molecule has 0 atom stereocenters. The zero-order chi connectivity index (χ0) is 8.81. The van der Waals surface area contributed by atoms with Crippen molar-refractivity contribution in [2.45, 2.75) is 31.7 Å². The SMILES string of the molecule is COCC1CCC(N=[N+]=[N-])CC1. The molecule has 4 nitrogen and oxygen atoms in total. The van der Waals surface area contributed by atoms with Crippen molar-refractivity contribution in [3.05, 3.63) is 10.4 Å². The Bertz CT molecular complexity index is 169. The molecule has 0 aromatic rings. The Hall–Kier alpha value is -0.730. The number of methoxy groups -OCH3 is 1. The first-order valence-electron chi connectivity index (χ1n) is 4.40. The van der Waals surface area contributed by atoms with Crippen LogP contribution in [0.4, 0.5) is 0 Å². The molecule has 1 aliphatic rings.